The number of nitrogens with zero attached hydrogens (tertiary/aromatic N) is 1. The average molecular weight is 333 g/mol. The van der Waals surface area contributed by atoms with Crippen molar-refractivity contribution in [2.45, 2.75) is 18.1 Å². The van der Waals surface area contributed by atoms with Crippen molar-refractivity contribution in [3.63, 3.8) is 0 Å². The van der Waals surface area contributed by atoms with E-state index in [2.05, 4.69) is 14.7 Å². The Morgan fingerprint density at radius 3 is 2.36 bits per heavy atom. The molecular weight excluding hydrogens is 318 g/mol. The summed E-state index contributed by atoms with van der Waals surface area (Å²) in [5, 5.41) is 0. The van der Waals surface area contributed by atoms with Crippen molar-refractivity contribution in [1.82, 2.24) is 9.97 Å². The van der Waals surface area contributed by atoms with Crippen molar-refractivity contribution in [1.29, 1.82) is 0 Å². The minimum atomic E-state index is -3.52. The lowest BCUT2D eigenvalue weighted by molar-refractivity contribution is 0.603. The van der Waals surface area contributed by atoms with Crippen LogP contribution < -0.4 is 4.72 Å². The first-order valence-corrected chi connectivity index (χ1v) is 8.95. The zero-order valence-electron chi connectivity index (χ0n) is 12.1. The molecule has 0 unspecified atom stereocenters. The highest BCUT2D eigenvalue weighted by atomic mass is 32.2. The maximum atomic E-state index is 12.3. The Morgan fingerprint density at radius 2 is 1.82 bits per heavy atom. The molecule has 0 spiro atoms. The Hall–Kier alpha value is -2.12. The Kier molecular flexibility index (Phi) is 3.76. The summed E-state index contributed by atoms with van der Waals surface area (Å²) < 4.78 is 27.4. The van der Waals surface area contributed by atoms with Gasteiger partial charge in [-0.15, -0.1) is 11.3 Å². The lowest BCUT2D eigenvalue weighted by Crippen LogP contribution is -2.11. The summed E-state index contributed by atoms with van der Waals surface area (Å²) in [4.78, 5) is 8.25. The molecule has 0 amide bonds. The van der Waals surface area contributed by atoms with Crippen LogP contribution in [0.1, 0.15) is 10.7 Å². The maximum Gasteiger partial charge on any atom is 0.271 e. The van der Waals surface area contributed by atoms with Gasteiger partial charge in [0.25, 0.3) is 10.0 Å². The normalized spacial score (nSPS) is 11.5. The zero-order valence-corrected chi connectivity index (χ0v) is 13.8. The fraction of sp³-hybridized carbons (Fsp3) is 0.133. The van der Waals surface area contributed by atoms with Crippen LogP contribution in [0.3, 0.4) is 0 Å². The third-order valence-corrected chi connectivity index (χ3v) is 6.01. The van der Waals surface area contributed by atoms with Crippen LogP contribution in [-0.2, 0) is 10.0 Å². The number of aryl methyl sites for hydroxylation is 2. The predicted molar refractivity (Wildman–Crippen MR) is 88.6 cm³/mol. The van der Waals surface area contributed by atoms with Gasteiger partial charge in [-0.2, -0.15) is 0 Å². The van der Waals surface area contributed by atoms with E-state index in [4.69, 9.17) is 0 Å². The highest BCUT2D eigenvalue weighted by Gasteiger charge is 2.16. The van der Waals surface area contributed by atoms with Crippen LogP contribution in [0.4, 0.5) is 5.69 Å². The lowest BCUT2D eigenvalue weighted by atomic mass is 10.1. The standard InChI is InChI=1S/C15H15N3O2S2/c1-10-3-8-15(21-10)22(19,20)18-13-6-4-12(5-7-13)14-9-16-11(2)17-14/h3-9,18H,1-2H3,(H,16,17). The molecule has 22 heavy (non-hydrogen) atoms. The van der Waals surface area contributed by atoms with Crippen molar-refractivity contribution in [2.24, 2.45) is 0 Å². The van der Waals surface area contributed by atoms with Gasteiger partial charge in [0.05, 0.1) is 11.9 Å². The number of hydrogen-bond acceptors (Lipinski definition) is 4. The molecule has 0 radical (unpaired) electrons. The van der Waals surface area contributed by atoms with E-state index in [1.165, 1.54) is 11.3 Å². The second-order valence-corrected chi connectivity index (χ2v) is 8.13. The molecular formula is C15H15N3O2S2. The number of anilines is 1. The van der Waals surface area contributed by atoms with Gasteiger partial charge in [-0.3, -0.25) is 4.72 Å². The van der Waals surface area contributed by atoms with Gasteiger partial charge in [-0.25, -0.2) is 13.4 Å². The topological polar surface area (TPSA) is 74.8 Å². The second-order valence-electron chi connectivity index (χ2n) is 4.93. The summed E-state index contributed by atoms with van der Waals surface area (Å²) in [6.45, 7) is 3.76. The first-order valence-electron chi connectivity index (χ1n) is 6.65. The third kappa shape index (κ3) is 3.05. The molecule has 2 aromatic heterocycles. The van der Waals surface area contributed by atoms with E-state index in [1.54, 1.807) is 30.5 Å². The quantitative estimate of drug-likeness (QED) is 0.766. The number of sulfonamides is 1. The van der Waals surface area contributed by atoms with E-state index in [9.17, 15) is 8.42 Å². The first-order chi connectivity index (χ1) is 10.4. The number of imidazole rings is 1. The Morgan fingerprint density at radius 1 is 1.09 bits per heavy atom. The van der Waals surface area contributed by atoms with Gasteiger partial charge in [0, 0.05) is 10.6 Å². The van der Waals surface area contributed by atoms with Crippen LogP contribution in [0.25, 0.3) is 11.3 Å². The summed E-state index contributed by atoms with van der Waals surface area (Å²) in [5.41, 5.74) is 2.39. The van der Waals surface area contributed by atoms with Gasteiger partial charge < -0.3 is 4.98 Å². The van der Waals surface area contributed by atoms with Crippen LogP contribution in [0.2, 0.25) is 0 Å². The minimum absolute atomic E-state index is 0.318. The van der Waals surface area contributed by atoms with Crippen molar-refractivity contribution in [3.8, 4) is 11.3 Å². The largest absolute Gasteiger partial charge is 0.342 e. The fourth-order valence-electron chi connectivity index (χ4n) is 2.05. The van der Waals surface area contributed by atoms with E-state index in [1.807, 2.05) is 26.0 Å². The molecule has 1 aromatic carbocycles. The van der Waals surface area contributed by atoms with Crippen LogP contribution in [0.15, 0.2) is 46.8 Å². The number of aromatic amines is 1. The number of H-pyrrole nitrogens is 1. The monoisotopic (exact) mass is 333 g/mol. The van der Waals surface area contributed by atoms with Gasteiger partial charge in [0.15, 0.2) is 0 Å². The summed E-state index contributed by atoms with van der Waals surface area (Å²) in [6.07, 6.45) is 1.75. The van der Waals surface area contributed by atoms with E-state index in [0.717, 1.165) is 22.0 Å². The van der Waals surface area contributed by atoms with Crippen LogP contribution >= 0.6 is 11.3 Å². The van der Waals surface area contributed by atoms with Crippen molar-refractivity contribution < 1.29 is 8.42 Å². The number of nitrogens with one attached hydrogen (secondary N) is 2. The Bertz CT molecular complexity index is 893. The third-order valence-electron chi connectivity index (χ3n) is 3.13. The van der Waals surface area contributed by atoms with E-state index < -0.39 is 10.0 Å². The SMILES string of the molecule is Cc1ncc(-c2ccc(NS(=O)(=O)c3ccc(C)s3)cc2)[nH]1. The van der Waals surface area contributed by atoms with Gasteiger partial charge >= 0.3 is 0 Å². The molecule has 0 fully saturated rings. The number of hydrogen-bond donors (Lipinski definition) is 2. The molecule has 0 bridgehead atoms. The average Bonchev–Trinajstić information content (AvgIpc) is 3.08. The summed E-state index contributed by atoms with van der Waals surface area (Å²) in [6, 6.07) is 10.6. The van der Waals surface area contributed by atoms with Gasteiger partial charge in [-0.05, 0) is 43.7 Å². The molecule has 2 heterocycles. The maximum absolute atomic E-state index is 12.3. The van der Waals surface area contributed by atoms with Crippen LogP contribution in [0, 0.1) is 13.8 Å². The van der Waals surface area contributed by atoms with Crippen molar-refractivity contribution in [2.75, 3.05) is 4.72 Å². The summed E-state index contributed by atoms with van der Waals surface area (Å²) >= 11 is 1.25. The molecule has 0 aliphatic carbocycles. The number of benzene rings is 1. The van der Waals surface area contributed by atoms with Gasteiger partial charge in [-0.1, -0.05) is 12.1 Å². The van der Waals surface area contributed by atoms with Crippen molar-refractivity contribution >= 4 is 27.0 Å². The van der Waals surface area contributed by atoms with Crippen LogP contribution in [-0.4, -0.2) is 18.4 Å². The fourth-order valence-corrected chi connectivity index (χ4v) is 4.39. The number of aromatic nitrogens is 2. The predicted octanol–water partition coefficient (Wildman–Crippen LogP) is 3.56. The molecule has 0 aliphatic heterocycles. The zero-order chi connectivity index (χ0) is 15.7. The highest BCUT2D eigenvalue weighted by Crippen LogP contribution is 2.25. The van der Waals surface area contributed by atoms with Gasteiger partial charge in [0.1, 0.15) is 10.0 Å². The number of thiophene rings is 1. The Balaban J connectivity index is 1.82. The molecule has 0 saturated heterocycles. The summed E-state index contributed by atoms with van der Waals surface area (Å²) in [7, 11) is -3.52. The molecule has 0 saturated carbocycles. The van der Waals surface area contributed by atoms with E-state index in [0.29, 0.717) is 9.90 Å². The molecule has 114 valence electrons. The number of rotatable bonds is 4. The Labute approximate surface area is 133 Å². The van der Waals surface area contributed by atoms with E-state index >= 15 is 0 Å². The lowest BCUT2D eigenvalue weighted by Gasteiger charge is -2.07. The first kappa shape index (κ1) is 14.8. The molecule has 5 nitrogen and oxygen atoms in total. The molecule has 2 N–H and O–H groups in total. The van der Waals surface area contributed by atoms with E-state index in [-0.39, 0.29) is 0 Å². The molecule has 7 heteroatoms. The van der Waals surface area contributed by atoms with Gasteiger partial charge in [0.2, 0.25) is 0 Å². The smallest absolute Gasteiger partial charge is 0.271 e. The molecule has 0 aliphatic rings. The van der Waals surface area contributed by atoms with Crippen molar-refractivity contribution in [3.05, 3.63) is 53.3 Å². The van der Waals surface area contributed by atoms with Crippen LogP contribution in [0.5, 0.6) is 0 Å². The highest BCUT2D eigenvalue weighted by molar-refractivity contribution is 7.94. The summed E-state index contributed by atoms with van der Waals surface area (Å²) in [5.74, 6) is 0.841. The molecule has 3 rings (SSSR count). The minimum Gasteiger partial charge on any atom is -0.342 e. The molecule has 3 aromatic rings. The second kappa shape index (κ2) is 5.58. The molecule has 0 atom stereocenters.